The second-order valence-corrected chi connectivity index (χ2v) is 9.86. The number of rotatable bonds is 7. The van der Waals surface area contributed by atoms with E-state index in [2.05, 4.69) is 37.1 Å². The molecule has 0 radical (unpaired) electrons. The highest BCUT2D eigenvalue weighted by molar-refractivity contribution is 7.09. The van der Waals surface area contributed by atoms with Crippen molar-refractivity contribution in [1.29, 1.82) is 0 Å². The third-order valence-corrected chi connectivity index (χ3v) is 7.13. The van der Waals surface area contributed by atoms with Gasteiger partial charge in [-0.05, 0) is 42.0 Å². The first-order chi connectivity index (χ1) is 15.8. The lowest BCUT2D eigenvalue weighted by Gasteiger charge is -2.31. The Balaban J connectivity index is 1.52. The molecule has 1 aliphatic rings. The van der Waals surface area contributed by atoms with Crippen LogP contribution < -0.4 is 15.0 Å². The molecule has 1 aromatic heterocycles. The molecule has 1 unspecified atom stereocenters. The zero-order valence-corrected chi connectivity index (χ0v) is 20.2. The summed E-state index contributed by atoms with van der Waals surface area (Å²) in [4.78, 5) is 31.7. The fraction of sp³-hybridized carbons (Fsp3) is 0.346. The highest BCUT2D eigenvalue weighted by Crippen LogP contribution is 2.38. The second-order valence-electron chi connectivity index (χ2n) is 8.92. The maximum Gasteiger partial charge on any atom is 0.271 e. The summed E-state index contributed by atoms with van der Waals surface area (Å²) >= 11 is 1.38. The Kier molecular flexibility index (Phi) is 6.51. The summed E-state index contributed by atoms with van der Waals surface area (Å²) < 4.78 is 5.66. The van der Waals surface area contributed by atoms with Crippen molar-refractivity contribution in [2.75, 3.05) is 11.5 Å². The molecule has 0 spiro atoms. The van der Waals surface area contributed by atoms with Crippen molar-refractivity contribution in [3.8, 4) is 5.75 Å². The van der Waals surface area contributed by atoms with E-state index in [4.69, 9.17) is 4.74 Å². The van der Waals surface area contributed by atoms with Crippen LogP contribution in [0.4, 0.5) is 5.69 Å². The first kappa shape index (κ1) is 23.0. The largest absolute Gasteiger partial charge is 0.482 e. The van der Waals surface area contributed by atoms with Gasteiger partial charge in [-0.3, -0.25) is 14.5 Å². The van der Waals surface area contributed by atoms with Crippen LogP contribution in [0.2, 0.25) is 0 Å². The van der Waals surface area contributed by atoms with Crippen molar-refractivity contribution < 1.29 is 14.3 Å². The van der Waals surface area contributed by atoms with Gasteiger partial charge >= 0.3 is 0 Å². The van der Waals surface area contributed by atoms with Gasteiger partial charge in [-0.25, -0.2) is 4.98 Å². The van der Waals surface area contributed by atoms with E-state index >= 15 is 0 Å². The number of amides is 2. The number of benzene rings is 2. The van der Waals surface area contributed by atoms with E-state index in [1.165, 1.54) is 11.3 Å². The number of fused-ring (bicyclic) bond motifs is 1. The number of carbonyl (C=O) groups excluding carboxylic acids is 2. The Hall–Kier alpha value is -3.19. The Bertz CT molecular complexity index is 1160. The number of hydrogen-bond donors (Lipinski definition) is 1. The van der Waals surface area contributed by atoms with Gasteiger partial charge in [0.2, 0.25) is 0 Å². The van der Waals surface area contributed by atoms with Crippen LogP contribution in [0.1, 0.15) is 66.8 Å². The molecular weight excluding hydrogens is 434 g/mol. The van der Waals surface area contributed by atoms with Gasteiger partial charge in [0.05, 0.1) is 18.3 Å². The Labute approximate surface area is 198 Å². The monoisotopic (exact) mass is 463 g/mol. The van der Waals surface area contributed by atoms with E-state index in [0.29, 0.717) is 23.0 Å². The van der Waals surface area contributed by atoms with Gasteiger partial charge in [0.15, 0.2) is 6.61 Å². The highest BCUT2D eigenvalue weighted by Gasteiger charge is 2.29. The number of aromatic nitrogens is 1. The molecule has 0 bridgehead atoms. The Morgan fingerprint density at radius 1 is 1.24 bits per heavy atom. The van der Waals surface area contributed by atoms with Crippen LogP contribution >= 0.6 is 11.3 Å². The molecule has 0 fully saturated rings. The lowest BCUT2D eigenvalue weighted by atomic mass is 9.82. The smallest absolute Gasteiger partial charge is 0.271 e. The van der Waals surface area contributed by atoms with Gasteiger partial charge in [0.1, 0.15) is 16.5 Å². The average Bonchev–Trinajstić information content (AvgIpc) is 3.30. The number of anilines is 1. The molecule has 2 aromatic carbocycles. The summed E-state index contributed by atoms with van der Waals surface area (Å²) in [7, 11) is 0. The van der Waals surface area contributed by atoms with Crippen molar-refractivity contribution in [3.05, 3.63) is 75.7 Å². The summed E-state index contributed by atoms with van der Waals surface area (Å²) in [6.45, 7) is 8.77. The minimum Gasteiger partial charge on any atom is -0.482 e. The first-order valence-electron chi connectivity index (χ1n) is 11.2. The molecule has 172 valence electrons. The van der Waals surface area contributed by atoms with Gasteiger partial charge in [0, 0.05) is 5.38 Å². The van der Waals surface area contributed by atoms with Crippen LogP contribution in [0, 0.1) is 0 Å². The molecular formula is C26H29N3O3S. The second kappa shape index (κ2) is 9.35. The predicted octanol–water partition coefficient (Wildman–Crippen LogP) is 5.25. The number of carbonyl (C=O) groups is 2. The van der Waals surface area contributed by atoms with E-state index in [1.807, 2.05) is 49.4 Å². The molecule has 7 heteroatoms. The van der Waals surface area contributed by atoms with Crippen molar-refractivity contribution >= 4 is 28.8 Å². The lowest BCUT2D eigenvalue weighted by molar-refractivity contribution is -0.121. The van der Waals surface area contributed by atoms with Crippen molar-refractivity contribution in [3.63, 3.8) is 0 Å². The highest BCUT2D eigenvalue weighted by atomic mass is 32.1. The standard InChI is InChI=1S/C26H29N3O3S/c1-5-26(3,4)19-11-12-22-21(13-19)29(24(30)15-32-22)14-23-28-20(16-33-23)25(31)27-17(2)18-9-7-6-8-10-18/h6-13,16-17H,5,14-15H2,1-4H3,(H,27,31). The normalized spacial score (nSPS) is 14.4. The first-order valence-corrected chi connectivity index (χ1v) is 12.0. The molecule has 2 amide bonds. The van der Waals surface area contributed by atoms with E-state index in [9.17, 15) is 9.59 Å². The van der Waals surface area contributed by atoms with Crippen LogP contribution in [0.25, 0.3) is 0 Å². The predicted molar refractivity (Wildman–Crippen MR) is 131 cm³/mol. The molecule has 6 nitrogen and oxygen atoms in total. The molecule has 4 rings (SSSR count). The molecule has 1 N–H and O–H groups in total. The molecule has 1 aliphatic heterocycles. The molecule has 0 saturated carbocycles. The molecule has 0 aliphatic carbocycles. The van der Waals surface area contributed by atoms with Gasteiger partial charge in [-0.15, -0.1) is 11.3 Å². The Morgan fingerprint density at radius 3 is 2.73 bits per heavy atom. The van der Waals surface area contributed by atoms with Gasteiger partial charge < -0.3 is 10.1 Å². The lowest BCUT2D eigenvalue weighted by Crippen LogP contribution is -2.38. The van der Waals surface area contributed by atoms with Gasteiger partial charge in [-0.2, -0.15) is 0 Å². The number of hydrogen-bond acceptors (Lipinski definition) is 5. The minimum absolute atomic E-state index is 0.00315. The third-order valence-electron chi connectivity index (χ3n) is 6.29. The Morgan fingerprint density at radius 2 is 2.00 bits per heavy atom. The number of ether oxygens (including phenoxy) is 1. The summed E-state index contributed by atoms with van der Waals surface area (Å²) in [5.74, 6) is 0.346. The number of nitrogens with zero attached hydrogens (tertiary/aromatic N) is 2. The SMILES string of the molecule is CCC(C)(C)c1ccc2c(c1)N(Cc1nc(C(=O)NC(C)c3ccccc3)cs1)C(=O)CO2. The zero-order valence-electron chi connectivity index (χ0n) is 19.4. The van der Waals surface area contributed by atoms with E-state index < -0.39 is 0 Å². The number of thiazole rings is 1. The molecule has 3 aromatic rings. The van der Waals surface area contributed by atoms with Crippen LogP contribution in [-0.2, 0) is 16.8 Å². The fourth-order valence-electron chi connectivity index (χ4n) is 3.72. The van der Waals surface area contributed by atoms with Gasteiger partial charge in [-0.1, -0.05) is 57.2 Å². The number of nitrogens with one attached hydrogen (secondary N) is 1. The summed E-state index contributed by atoms with van der Waals surface area (Å²) in [6.07, 6.45) is 0.979. The maximum atomic E-state index is 12.7. The zero-order chi connectivity index (χ0) is 23.6. The van der Waals surface area contributed by atoms with E-state index in [1.54, 1.807) is 10.3 Å². The van der Waals surface area contributed by atoms with E-state index in [0.717, 1.165) is 23.2 Å². The topological polar surface area (TPSA) is 71.5 Å². The third kappa shape index (κ3) is 4.93. The average molecular weight is 464 g/mol. The van der Waals surface area contributed by atoms with Crippen LogP contribution in [0.5, 0.6) is 5.75 Å². The van der Waals surface area contributed by atoms with Crippen molar-refractivity contribution in [1.82, 2.24) is 10.3 Å². The fourth-order valence-corrected chi connectivity index (χ4v) is 4.48. The molecule has 2 heterocycles. The summed E-state index contributed by atoms with van der Waals surface area (Å²) in [5.41, 5.74) is 3.29. The molecule has 0 saturated heterocycles. The minimum atomic E-state index is -0.227. The van der Waals surface area contributed by atoms with Crippen LogP contribution in [0.15, 0.2) is 53.9 Å². The molecule has 33 heavy (non-hydrogen) atoms. The van der Waals surface area contributed by atoms with Crippen LogP contribution in [-0.4, -0.2) is 23.4 Å². The van der Waals surface area contributed by atoms with Gasteiger partial charge in [0.25, 0.3) is 11.8 Å². The van der Waals surface area contributed by atoms with Crippen LogP contribution in [0.3, 0.4) is 0 Å². The van der Waals surface area contributed by atoms with Crippen molar-refractivity contribution in [2.45, 2.75) is 52.1 Å². The molecule has 1 atom stereocenters. The van der Waals surface area contributed by atoms with E-state index in [-0.39, 0.29) is 29.9 Å². The quantitative estimate of drug-likeness (QED) is 0.520. The maximum absolute atomic E-state index is 12.7. The van der Waals surface area contributed by atoms with Crippen molar-refractivity contribution in [2.24, 2.45) is 0 Å². The summed E-state index contributed by atoms with van der Waals surface area (Å²) in [5, 5.41) is 5.43. The summed E-state index contributed by atoms with van der Waals surface area (Å²) in [6, 6.07) is 15.7.